The Bertz CT molecular complexity index is 542. The van der Waals surface area contributed by atoms with E-state index in [-0.39, 0.29) is 23.3 Å². The summed E-state index contributed by atoms with van der Waals surface area (Å²) < 4.78 is 0. The van der Waals surface area contributed by atoms with Crippen molar-refractivity contribution in [2.24, 2.45) is 17.6 Å². The van der Waals surface area contributed by atoms with Gasteiger partial charge in [-0.2, -0.15) is 0 Å². The van der Waals surface area contributed by atoms with Crippen LogP contribution in [0.1, 0.15) is 41.6 Å². The largest absolute Gasteiger partial charge is 0.478 e. The number of carbonyl (C=O) groups excluding carboxylic acids is 1. The van der Waals surface area contributed by atoms with Crippen molar-refractivity contribution in [2.75, 3.05) is 11.9 Å². The molecule has 2 atom stereocenters. The van der Waals surface area contributed by atoms with Crippen LogP contribution in [0, 0.1) is 18.8 Å². The van der Waals surface area contributed by atoms with Crippen LogP contribution in [-0.2, 0) is 4.79 Å². The van der Waals surface area contributed by atoms with E-state index in [1.807, 2.05) is 0 Å². The molecule has 0 spiro atoms. The number of benzene rings is 1. The summed E-state index contributed by atoms with van der Waals surface area (Å²) in [6, 6.07) is 4.95. The van der Waals surface area contributed by atoms with E-state index < -0.39 is 5.97 Å². The van der Waals surface area contributed by atoms with Gasteiger partial charge in [0.1, 0.15) is 0 Å². The smallest absolute Gasteiger partial charge is 0.336 e. The van der Waals surface area contributed by atoms with Crippen molar-refractivity contribution in [1.29, 1.82) is 0 Å². The number of nitrogens with two attached hydrogens (primary N) is 1. The van der Waals surface area contributed by atoms with Crippen molar-refractivity contribution < 1.29 is 14.7 Å². The predicted molar refractivity (Wildman–Crippen MR) is 81.3 cm³/mol. The van der Waals surface area contributed by atoms with Crippen LogP contribution >= 0.6 is 0 Å². The molecular weight excluding hydrogens is 268 g/mol. The molecule has 0 aliphatic heterocycles. The second kappa shape index (κ2) is 6.72. The van der Waals surface area contributed by atoms with Crippen LogP contribution in [0.2, 0.25) is 0 Å². The fraction of sp³-hybridized carbons (Fsp3) is 0.500. The highest BCUT2D eigenvalue weighted by atomic mass is 16.4. The quantitative estimate of drug-likeness (QED) is 0.794. The van der Waals surface area contributed by atoms with Gasteiger partial charge in [-0.15, -0.1) is 0 Å². The Kier molecular flexibility index (Phi) is 4.96. The molecular formula is C16H22N2O3. The van der Waals surface area contributed by atoms with Crippen LogP contribution in [0.25, 0.3) is 0 Å². The summed E-state index contributed by atoms with van der Waals surface area (Å²) in [5, 5.41) is 12.0. The summed E-state index contributed by atoms with van der Waals surface area (Å²) in [6.45, 7) is 2.26. The lowest BCUT2D eigenvalue weighted by Gasteiger charge is -2.29. The molecule has 1 aliphatic carbocycles. The normalized spacial score (nSPS) is 21.8. The average Bonchev–Trinajstić information content (AvgIpc) is 2.48. The first kappa shape index (κ1) is 15.5. The van der Waals surface area contributed by atoms with Gasteiger partial charge in [-0.3, -0.25) is 4.79 Å². The van der Waals surface area contributed by atoms with E-state index in [1.54, 1.807) is 19.1 Å². The lowest BCUT2D eigenvalue weighted by atomic mass is 9.78. The predicted octanol–water partition coefficient (Wildman–Crippen LogP) is 2.40. The molecule has 0 saturated heterocycles. The lowest BCUT2D eigenvalue weighted by Crippen LogP contribution is -2.35. The van der Waals surface area contributed by atoms with Gasteiger partial charge in [-0.25, -0.2) is 4.79 Å². The Morgan fingerprint density at radius 1 is 1.33 bits per heavy atom. The number of carboxylic acids is 1. The van der Waals surface area contributed by atoms with Gasteiger partial charge in [-0.05, 0) is 49.9 Å². The molecule has 0 bridgehead atoms. The van der Waals surface area contributed by atoms with Crippen molar-refractivity contribution in [2.45, 2.75) is 32.6 Å². The highest BCUT2D eigenvalue weighted by molar-refractivity contribution is 5.95. The van der Waals surface area contributed by atoms with E-state index in [0.717, 1.165) is 25.7 Å². The second-order valence-electron chi connectivity index (χ2n) is 5.71. The fourth-order valence-electron chi connectivity index (χ4n) is 3.00. The highest BCUT2D eigenvalue weighted by Crippen LogP contribution is 2.30. The summed E-state index contributed by atoms with van der Waals surface area (Å²) >= 11 is 0. The van der Waals surface area contributed by atoms with Gasteiger partial charge in [0.2, 0.25) is 5.91 Å². The molecule has 2 unspecified atom stereocenters. The molecule has 2 rings (SSSR count). The van der Waals surface area contributed by atoms with Gasteiger partial charge in [0.05, 0.1) is 5.56 Å². The molecule has 1 amide bonds. The lowest BCUT2D eigenvalue weighted by molar-refractivity contribution is -0.122. The Morgan fingerprint density at radius 3 is 2.71 bits per heavy atom. The van der Waals surface area contributed by atoms with Crippen LogP contribution in [0.4, 0.5) is 5.69 Å². The molecule has 21 heavy (non-hydrogen) atoms. The van der Waals surface area contributed by atoms with Gasteiger partial charge < -0.3 is 16.2 Å². The number of nitrogens with one attached hydrogen (secondary N) is 1. The van der Waals surface area contributed by atoms with E-state index >= 15 is 0 Å². The molecule has 0 heterocycles. The third-order valence-corrected chi connectivity index (χ3v) is 4.28. The molecule has 1 saturated carbocycles. The van der Waals surface area contributed by atoms with E-state index in [1.165, 1.54) is 6.07 Å². The molecule has 114 valence electrons. The molecule has 1 aromatic carbocycles. The number of carbonyl (C=O) groups is 2. The zero-order valence-electron chi connectivity index (χ0n) is 12.3. The summed E-state index contributed by atoms with van der Waals surface area (Å²) in [5.74, 6) is -0.882. The maximum absolute atomic E-state index is 12.4. The standard InChI is InChI=1S/C16H22N2O3/c1-10-6-7-12(8-14(10)16(20)21)18-15(19)13-5-3-2-4-11(13)9-17/h6-8,11,13H,2-5,9,17H2,1H3,(H,18,19)(H,20,21). The van der Waals surface area contributed by atoms with Crippen LogP contribution in [0.5, 0.6) is 0 Å². The van der Waals surface area contributed by atoms with Crippen molar-refractivity contribution in [3.63, 3.8) is 0 Å². The molecule has 5 heteroatoms. The van der Waals surface area contributed by atoms with Crippen molar-refractivity contribution in [3.05, 3.63) is 29.3 Å². The van der Waals surface area contributed by atoms with Gasteiger partial charge >= 0.3 is 5.97 Å². The second-order valence-corrected chi connectivity index (χ2v) is 5.71. The number of aromatic carboxylic acids is 1. The first-order valence-corrected chi connectivity index (χ1v) is 7.37. The molecule has 0 radical (unpaired) electrons. The SMILES string of the molecule is Cc1ccc(NC(=O)C2CCCCC2CN)cc1C(=O)O. The van der Waals surface area contributed by atoms with Crippen LogP contribution in [0.3, 0.4) is 0 Å². The summed E-state index contributed by atoms with van der Waals surface area (Å²) in [4.78, 5) is 23.5. The number of anilines is 1. The molecule has 1 fully saturated rings. The zero-order valence-corrected chi connectivity index (χ0v) is 12.3. The fourth-order valence-corrected chi connectivity index (χ4v) is 3.00. The number of hydrogen-bond donors (Lipinski definition) is 3. The van der Waals surface area contributed by atoms with E-state index in [4.69, 9.17) is 10.8 Å². The van der Waals surface area contributed by atoms with Crippen molar-refractivity contribution in [1.82, 2.24) is 0 Å². The number of rotatable bonds is 4. The summed E-state index contributed by atoms with van der Waals surface area (Å²) in [7, 11) is 0. The topological polar surface area (TPSA) is 92.4 Å². The Morgan fingerprint density at radius 2 is 2.05 bits per heavy atom. The molecule has 0 aromatic heterocycles. The first-order chi connectivity index (χ1) is 10.0. The van der Waals surface area contributed by atoms with Crippen molar-refractivity contribution >= 4 is 17.6 Å². The third kappa shape index (κ3) is 3.61. The van der Waals surface area contributed by atoms with E-state index in [2.05, 4.69) is 5.32 Å². The molecule has 1 aliphatic rings. The summed E-state index contributed by atoms with van der Waals surface area (Å²) in [6.07, 6.45) is 4.01. The average molecular weight is 290 g/mol. The minimum Gasteiger partial charge on any atom is -0.478 e. The van der Waals surface area contributed by atoms with Crippen LogP contribution in [0.15, 0.2) is 18.2 Å². The number of hydrogen-bond acceptors (Lipinski definition) is 3. The number of aryl methyl sites for hydroxylation is 1. The van der Waals surface area contributed by atoms with Gasteiger partial charge in [-0.1, -0.05) is 18.9 Å². The van der Waals surface area contributed by atoms with Gasteiger partial charge in [0, 0.05) is 11.6 Å². The van der Waals surface area contributed by atoms with Gasteiger partial charge in [0.15, 0.2) is 0 Å². The molecule has 5 nitrogen and oxygen atoms in total. The monoisotopic (exact) mass is 290 g/mol. The zero-order chi connectivity index (χ0) is 15.4. The van der Waals surface area contributed by atoms with Crippen molar-refractivity contribution in [3.8, 4) is 0 Å². The molecule has 4 N–H and O–H groups in total. The van der Waals surface area contributed by atoms with E-state index in [9.17, 15) is 9.59 Å². The van der Waals surface area contributed by atoms with Crippen LogP contribution < -0.4 is 11.1 Å². The molecule has 1 aromatic rings. The number of carboxylic acid groups (broad SMARTS) is 1. The Hall–Kier alpha value is -1.88. The van der Waals surface area contributed by atoms with E-state index in [0.29, 0.717) is 17.8 Å². The highest BCUT2D eigenvalue weighted by Gasteiger charge is 2.30. The first-order valence-electron chi connectivity index (χ1n) is 7.37. The maximum atomic E-state index is 12.4. The maximum Gasteiger partial charge on any atom is 0.336 e. The van der Waals surface area contributed by atoms with Crippen LogP contribution in [-0.4, -0.2) is 23.5 Å². The number of amides is 1. The third-order valence-electron chi connectivity index (χ3n) is 4.28. The minimum atomic E-state index is -0.985. The van der Waals surface area contributed by atoms with Gasteiger partial charge in [0.25, 0.3) is 0 Å². The Balaban J connectivity index is 2.12. The Labute approximate surface area is 124 Å². The minimum absolute atomic E-state index is 0.0506. The summed E-state index contributed by atoms with van der Waals surface area (Å²) in [5.41, 5.74) is 7.18.